The van der Waals surface area contributed by atoms with Gasteiger partial charge < -0.3 is 4.74 Å². The predicted molar refractivity (Wildman–Crippen MR) is 94.5 cm³/mol. The van der Waals surface area contributed by atoms with Gasteiger partial charge in [0.05, 0.1) is 17.8 Å². The third-order valence-electron chi connectivity index (χ3n) is 3.57. The molecule has 124 valence electrons. The largest absolute Gasteiger partial charge is 0.495 e. The minimum Gasteiger partial charge on any atom is -0.495 e. The Labute approximate surface area is 146 Å². The minimum absolute atomic E-state index is 0.0526. The average molecular weight is 374 g/mol. The maximum Gasteiger partial charge on any atom is 0.265 e. The summed E-state index contributed by atoms with van der Waals surface area (Å²) in [5.41, 5.74) is 2.40. The number of sulfonamides is 1. The second-order valence-corrected chi connectivity index (χ2v) is 7.85. The molecule has 23 heavy (non-hydrogen) atoms. The van der Waals surface area contributed by atoms with Crippen molar-refractivity contribution in [2.24, 2.45) is 0 Å². The molecule has 0 aliphatic rings. The second kappa shape index (κ2) is 6.59. The van der Waals surface area contributed by atoms with Crippen molar-refractivity contribution in [1.82, 2.24) is 0 Å². The summed E-state index contributed by atoms with van der Waals surface area (Å²) in [6.07, 6.45) is 0. The molecule has 4 nitrogen and oxygen atoms in total. The van der Waals surface area contributed by atoms with Gasteiger partial charge in [-0.15, -0.1) is 0 Å². The molecule has 2 rings (SSSR count). The van der Waals surface area contributed by atoms with Crippen LogP contribution >= 0.6 is 23.2 Å². The molecular formula is C16H17Cl2NO3S. The van der Waals surface area contributed by atoms with E-state index in [1.54, 1.807) is 0 Å². The number of nitrogens with zero attached hydrogens (tertiary/aromatic N) is 1. The fourth-order valence-electron chi connectivity index (χ4n) is 2.21. The van der Waals surface area contributed by atoms with Crippen LogP contribution in [0.3, 0.4) is 0 Å². The first kappa shape index (κ1) is 17.9. The molecule has 0 radical (unpaired) electrons. The van der Waals surface area contributed by atoms with Gasteiger partial charge in [-0.3, -0.25) is 4.31 Å². The molecule has 0 aromatic heterocycles. The highest BCUT2D eigenvalue weighted by Crippen LogP contribution is 2.38. The molecule has 0 aliphatic carbocycles. The number of hydrogen-bond acceptors (Lipinski definition) is 3. The maximum absolute atomic E-state index is 12.9. The van der Waals surface area contributed by atoms with E-state index in [9.17, 15) is 8.42 Å². The molecule has 0 bridgehead atoms. The number of hydrogen-bond donors (Lipinski definition) is 0. The number of methoxy groups -OCH3 is 1. The molecule has 0 spiro atoms. The summed E-state index contributed by atoms with van der Waals surface area (Å²) in [5.74, 6) is 0.324. The average Bonchev–Trinajstić information content (AvgIpc) is 2.51. The van der Waals surface area contributed by atoms with Crippen LogP contribution in [0.15, 0.2) is 35.2 Å². The summed E-state index contributed by atoms with van der Waals surface area (Å²) in [6, 6.07) is 8.49. The maximum atomic E-state index is 12.9. The van der Waals surface area contributed by atoms with Gasteiger partial charge in [0.2, 0.25) is 0 Å². The van der Waals surface area contributed by atoms with E-state index < -0.39 is 10.0 Å². The summed E-state index contributed by atoms with van der Waals surface area (Å²) >= 11 is 12.2. The van der Waals surface area contributed by atoms with Gasteiger partial charge in [-0.05, 0) is 43.2 Å². The van der Waals surface area contributed by atoms with Gasteiger partial charge in [-0.1, -0.05) is 35.3 Å². The molecule has 2 aromatic rings. The molecule has 0 saturated carbocycles. The van der Waals surface area contributed by atoms with Crippen molar-refractivity contribution < 1.29 is 13.2 Å². The van der Waals surface area contributed by atoms with Crippen molar-refractivity contribution in [1.29, 1.82) is 0 Å². The first-order valence-electron chi connectivity index (χ1n) is 6.78. The Morgan fingerprint density at radius 2 is 1.70 bits per heavy atom. The van der Waals surface area contributed by atoms with Crippen LogP contribution in [0.4, 0.5) is 5.69 Å². The zero-order chi connectivity index (χ0) is 17.4. The van der Waals surface area contributed by atoms with Crippen molar-refractivity contribution in [2.75, 3.05) is 18.5 Å². The number of aryl methyl sites for hydroxylation is 2. The van der Waals surface area contributed by atoms with Crippen LogP contribution in [0, 0.1) is 13.8 Å². The lowest BCUT2D eigenvalue weighted by Crippen LogP contribution is -2.27. The Hall–Kier alpha value is -1.43. The van der Waals surface area contributed by atoms with E-state index in [-0.39, 0.29) is 14.9 Å². The van der Waals surface area contributed by atoms with Crippen molar-refractivity contribution in [2.45, 2.75) is 18.7 Å². The monoisotopic (exact) mass is 373 g/mol. The first-order valence-corrected chi connectivity index (χ1v) is 8.98. The Morgan fingerprint density at radius 1 is 1.04 bits per heavy atom. The molecule has 0 heterocycles. The van der Waals surface area contributed by atoms with Crippen molar-refractivity contribution in [3.05, 3.63) is 51.5 Å². The van der Waals surface area contributed by atoms with E-state index in [4.69, 9.17) is 27.9 Å². The topological polar surface area (TPSA) is 46.6 Å². The van der Waals surface area contributed by atoms with Gasteiger partial charge in [-0.25, -0.2) is 8.42 Å². The normalized spacial score (nSPS) is 11.4. The minimum atomic E-state index is -3.85. The smallest absolute Gasteiger partial charge is 0.265 e. The number of anilines is 1. The molecule has 0 unspecified atom stereocenters. The van der Waals surface area contributed by atoms with E-state index >= 15 is 0 Å². The van der Waals surface area contributed by atoms with Gasteiger partial charge in [0.25, 0.3) is 10.0 Å². The lowest BCUT2D eigenvalue weighted by Gasteiger charge is -2.23. The van der Waals surface area contributed by atoms with E-state index in [1.807, 2.05) is 32.0 Å². The quantitative estimate of drug-likeness (QED) is 0.795. The number of rotatable bonds is 4. The van der Waals surface area contributed by atoms with E-state index in [1.165, 1.54) is 30.6 Å². The molecule has 0 fully saturated rings. The van der Waals surface area contributed by atoms with Gasteiger partial charge in [0.1, 0.15) is 15.7 Å². The Morgan fingerprint density at radius 3 is 2.30 bits per heavy atom. The van der Waals surface area contributed by atoms with Crippen LogP contribution in [0.2, 0.25) is 10.0 Å². The van der Waals surface area contributed by atoms with Crippen LogP contribution in [0.25, 0.3) is 0 Å². The highest BCUT2D eigenvalue weighted by Gasteiger charge is 2.27. The number of halogens is 2. The van der Waals surface area contributed by atoms with Gasteiger partial charge in [0.15, 0.2) is 0 Å². The summed E-state index contributed by atoms with van der Waals surface area (Å²) in [7, 11) is -0.918. The van der Waals surface area contributed by atoms with Crippen molar-refractivity contribution >= 4 is 38.9 Å². The third kappa shape index (κ3) is 3.27. The predicted octanol–water partition coefficient (Wildman–Crippen LogP) is 4.44. The molecule has 0 N–H and O–H groups in total. The standard InChI is InChI=1S/C16H17Cl2NO3S/c1-10-5-6-11(2)12(9-10)19(3)23(20,21)14-8-7-13(22-4)15(17)16(14)18/h5-9H,1-4H3. The summed E-state index contributed by atoms with van der Waals surface area (Å²) in [6.45, 7) is 3.75. The third-order valence-corrected chi connectivity index (χ3v) is 6.36. The van der Waals surface area contributed by atoms with E-state index in [0.717, 1.165) is 11.1 Å². The van der Waals surface area contributed by atoms with Crippen LogP contribution in [-0.2, 0) is 10.0 Å². The van der Waals surface area contributed by atoms with Gasteiger partial charge in [0, 0.05) is 7.05 Å². The fraction of sp³-hybridized carbons (Fsp3) is 0.250. The second-order valence-electron chi connectivity index (χ2n) is 5.16. The van der Waals surface area contributed by atoms with E-state index in [0.29, 0.717) is 11.4 Å². The highest BCUT2D eigenvalue weighted by atomic mass is 35.5. The summed E-state index contributed by atoms with van der Waals surface area (Å²) < 4.78 is 32.1. The first-order chi connectivity index (χ1) is 10.7. The molecule has 2 aromatic carbocycles. The molecule has 0 atom stereocenters. The molecular weight excluding hydrogens is 357 g/mol. The summed E-state index contributed by atoms with van der Waals surface area (Å²) in [5, 5.41) is 0.0211. The Balaban J connectivity index is 2.58. The number of benzene rings is 2. The van der Waals surface area contributed by atoms with Crippen LogP contribution in [-0.4, -0.2) is 22.6 Å². The molecule has 0 saturated heterocycles. The Kier molecular flexibility index (Phi) is 5.14. The highest BCUT2D eigenvalue weighted by molar-refractivity contribution is 7.93. The zero-order valence-electron chi connectivity index (χ0n) is 13.2. The lowest BCUT2D eigenvalue weighted by molar-refractivity contribution is 0.414. The SMILES string of the molecule is COc1ccc(S(=O)(=O)N(C)c2cc(C)ccc2C)c(Cl)c1Cl. The molecule has 0 aliphatic heterocycles. The Bertz CT molecular complexity index is 851. The van der Waals surface area contributed by atoms with Crippen molar-refractivity contribution in [3.63, 3.8) is 0 Å². The van der Waals surface area contributed by atoms with Crippen LogP contribution < -0.4 is 9.04 Å². The summed E-state index contributed by atoms with van der Waals surface area (Å²) in [4.78, 5) is -0.0617. The van der Waals surface area contributed by atoms with Crippen LogP contribution in [0.5, 0.6) is 5.75 Å². The van der Waals surface area contributed by atoms with E-state index in [2.05, 4.69) is 0 Å². The lowest BCUT2D eigenvalue weighted by atomic mass is 10.1. The van der Waals surface area contributed by atoms with Gasteiger partial charge >= 0.3 is 0 Å². The zero-order valence-corrected chi connectivity index (χ0v) is 15.6. The fourth-order valence-corrected chi connectivity index (χ4v) is 4.27. The molecule has 0 amide bonds. The molecule has 7 heteroatoms. The van der Waals surface area contributed by atoms with Gasteiger partial charge in [-0.2, -0.15) is 0 Å². The van der Waals surface area contributed by atoms with Crippen LogP contribution in [0.1, 0.15) is 11.1 Å². The van der Waals surface area contributed by atoms with Crippen molar-refractivity contribution in [3.8, 4) is 5.75 Å². The number of ether oxygens (including phenoxy) is 1.